The maximum absolute atomic E-state index is 11.8. The molecule has 0 fully saturated rings. The molecule has 0 N–H and O–H groups in total. The summed E-state index contributed by atoms with van der Waals surface area (Å²) >= 11 is 0. The predicted molar refractivity (Wildman–Crippen MR) is 126 cm³/mol. The highest BCUT2D eigenvalue weighted by atomic mass is 16.5. The van der Waals surface area contributed by atoms with Gasteiger partial charge in [0.05, 0.1) is 13.2 Å². The Hall–Kier alpha value is -1.06. The number of hydrogen-bond donors (Lipinski definition) is 0. The van der Waals surface area contributed by atoms with Crippen LogP contribution in [-0.2, 0) is 19.1 Å². The minimum Gasteiger partial charge on any atom is -0.466 e. The summed E-state index contributed by atoms with van der Waals surface area (Å²) in [5.41, 5.74) is 0. The standard InChI is InChI=1S/C26H50O4/c1-4-7-8-9-10-11-12-13-14-15-19-22-29-25(27)20-17-16-18-21-26(28)30-23-24(5-2)6-3/h24H,4-23H2,1-3H3. The Morgan fingerprint density at radius 2 is 1.00 bits per heavy atom. The van der Waals surface area contributed by atoms with Gasteiger partial charge in [0.15, 0.2) is 0 Å². The van der Waals surface area contributed by atoms with Crippen LogP contribution in [0.4, 0.5) is 0 Å². The zero-order valence-electron chi connectivity index (χ0n) is 20.4. The smallest absolute Gasteiger partial charge is 0.305 e. The van der Waals surface area contributed by atoms with E-state index < -0.39 is 0 Å². The number of unbranched alkanes of at least 4 members (excludes halogenated alkanes) is 12. The van der Waals surface area contributed by atoms with E-state index in [4.69, 9.17) is 9.47 Å². The molecular weight excluding hydrogens is 376 g/mol. The van der Waals surface area contributed by atoms with Gasteiger partial charge in [-0.2, -0.15) is 0 Å². The Labute approximate surface area is 186 Å². The van der Waals surface area contributed by atoms with Crippen molar-refractivity contribution in [3.05, 3.63) is 0 Å². The van der Waals surface area contributed by atoms with Crippen molar-refractivity contribution < 1.29 is 19.1 Å². The van der Waals surface area contributed by atoms with Gasteiger partial charge in [-0.15, -0.1) is 0 Å². The van der Waals surface area contributed by atoms with E-state index in [0.717, 1.165) is 44.9 Å². The lowest BCUT2D eigenvalue weighted by atomic mass is 10.1. The normalized spacial score (nSPS) is 11.1. The van der Waals surface area contributed by atoms with Gasteiger partial charge in [0.25, 0.3) is 0 Å². The summed E-state index contributed by atoms with van der Waals surface area (Å²) in [7, 11) is 0. The van der Waals surface area contributed by atoms with Crippen LogP contribution in [0.5, 0.6) is 0 Å². The fourth-order valence-electron chi connectivity index (χ4n) is 3.55. The minimum absolute atomic E-state index is 0.0987. The summed E-state index contributed by atoms with van der Waals surface area (Å²) in [6, 6.07) is 0. The van der Waals surface area contributed by atoms with Crippen molar-refractivity contribution in [3.63, 3.8) is 0 Å². The van der Waals surface area contributed by atoms with Gasteiger partial charge in [0, 0.05) is 12.8 Å². The van der Waals surface area contributed by atoms with Gasteiger partial charge in [-0.05, 0) is 25.2 Å². The zero-order valence-corrected chi connectivity index (χ0v) is 20.4. The first-order valence-corrected chi connectivity index (χ1v) is 12.9. The van der Waals surface area contributed by atoms with Crippen molar-refractivity contribution in [2.45, 2.75) is 136 Å². The highest BCUT2D eigenvalue weighted by molar-refractivity contribution is 5.69. The number of hydrogen-bond acceptors (Lipinski definition) is 4. The van der Waals surface area contributed by atoms with Gasteiger partial charge >= 0.3 is 11.9 Å². The highest BCUT2D eigenvalue weighted by Gasteiger charge is 2.09. The van der Waals surface area contributed by atoms with Gasteiger partial charge in [-0.3, -0.25) is 9.59 Å². The van der Waals surface area contributed by atoms with Crippen LogP contribution in [-0.4, -0.2) is 25.2 Å². The van der Waals surface area contributed by atoms with Crippen LogP contribution in [0, 0.1) is 5.92 Å². The maximum Gasteiger partial charge on any atom is 0.305 e. The molecule has 0 aromatic carbocycles. The van der Waals surface area contributed by atoms with E-state index in [1.807, 2.05) is 0 Å². The first kappa shape index (κ1) is 28.9. The van der Waals surface area contributed by atoms with E-state index in [0.29, 0.717) is 32.0 Å². The van der Waals surface area contributed by atoms with Crippen molar-refractivity contribution in [2.75, 3.05) is 13.2 Å². The first-order chi connectivity index (χ1) is 14.6. The van der Waals surface area contributed by atoms with Gasteiger partial charge in [-0.25, -0.2) is 0 Å². The highest BCUT2D eigenvalue weighted by Crippen LogP contribution is 2.12. The second-order valence-electron chi connectivity index (χ2n) is 8.68. The number of rotatable bonds is 22. The summed E-state index contributed by atoms with van der Waals surface area (Å²) in [4.78, 5) is 23.5. The first-order valence-electron chi connectivity index (χ1n) is 12.9. The molecule has 0 aliphatic carbocycles. The molecule has 30 heavy (non-hydrogen) atoms. The molecule has 178 valence electrons. The predicted octanol–water partition coefficient (Wildman–Crippen LogP) is 7.77. The van der Waals surface area contributed by atoms with E-state index in [1.165, 1.54) is 57.8 Å². The van der Waals surface area contributed by atoms with Crippen LogP contribution in [0.25, 0.3) is 0 Å². The average Bonchev–Trinajstić information content (AvgIpc) is 2.75. The van der Waals surface area contributed by atoms with Gasteiger partial charge < -0.3 is 9.47 Å². The Balaban J connectivity index is 3.33. The van der Waals surface area contributed by atoms with Crippen LogP contribution in [0.2, 0.25) is 0 Å². The summed E-state index contributed by atoms with van der Waals surface area (Å²) < 4.78 is 10.6. The molecule has 0 unspecified atom stereocenters. The van der Waals surface area contributed by atoms with E-state index in [9.17, 15) is 9.59 Å². The summed E-state index contributed by atoms with van der Waals surface area (Å²) in [6.07, 6.45) is 19.7. The van der Waals surface area contributed by atoms with Crippen LogP contribution < -0.4 is 0 Å². The lowest BCUT2D eigenvalue weighted by molar-refractivity contribution is -0.145. The minimum atomic E-state index is -0.110. The molecule has 0 aromatic heterocycles. The molecule has 0 saturated carbocycles. The molecule has 0 heterocycles. The van der Waals surface area contributed by atoms with Crippen LogP contribution in [0.15, 0.2) is 0 Å². The van der Waals surface area contributed by atoms with E-state index >= 15 is 0 Å². The Morgan fingerprint density at radius 3 is 1.50 bits per heavy atom. The third-order valence-electron chi connectivity index (χ3n) is 5.91. The topological polar surface area (TPSA) is 52.6 Å². The average molecular weight is 427 g/mol. The lowest BCUT2D eigenvalue weighted by Gasteiger charge is -2.12. The van der Waals surface area contributed by atoms with Crippen molar-refractivity contribution in [3.8, 4) is 0 Å². The van der Waals surface area contributed by atoms with E-state index in [-0.39, 0.29) is 11.9 Å². The molecule has 0 radical (unpaired) electrons. The fourth-order valence-corrected chi connectivity index (χ4v) is 3.55. The molecule has 0 aliphatic heterocycles. The number of carbonyl (C=O) groups excluding carboxylic acids is 2. The van der Waals surface area contributed by atoms with Gasteiger partial charge in [-0.1, -0.05) is 104 Å². The summed E-state index contributed by atoms with van der Waals surface area (Å²) in [5, 5.41) is 0. The SMILES string of the molecule is CCCCCCCCCCCCCOC(=O)CCCCCC(=O)OCC(CC)CC. The molecule has 4 nitrogen and oxygen atoms in total. The maximum atomic E-state index is 11.8. The largest absolute Gasteiger partial charge is 0.466 e. The van der Waals surface area contributed by atoms with Crippen LogP contribution in [0.1, 0.15) is 136 Å². The molecule has 0 bridgehead atoms. The molecule has 0 spiro atoms. The van der Waals surface area contributed by atoms with E-state index in [2.05, 4.69) is 20.8 Å². The summed E-state index contributed by atoms with van der Waals surface area (Å²) in [5.74, 6) is 0.267. The summed E-state index contributed by atoms with van der Waals surface area (Å²) in [6.45, 7) is 7.60. The molecule has 0 aliphatic rings. The number of esters is 2. The van der Waals surface area contributed by atoms with E-state index in [1.54, 1.807) is 0 Å². The van der Waals surface area contributed by atoms with Crippen molar-refractivity contribution in [1.29, 1.82) is 0 Å². The molecule has 0 saturated heterocycles. The zero-order chi connectivity index (χ0) is 22.3. The Bertz CT molecular complexity index is 390. The Morgan fingerprint density at radius 1 is 0.567 bits per heavy atom. The van der Waals surface area contributed by atoms with Crippen LogP contribution in [0.3, 0.4) is 0 Å². The monoisotopic (exact) mass is 426 g/mol. The molecule has 0 aromatic rings. The van der Waals surface area contributed by atoms with Crippen molar-refractivity contribution in [1.82, 2.24) is 0 Å². The third kappa shape index (κ3) is 20.2. The lowest BCUT2D eigenvalue weighted by Crippen LogP contribution is -2.13. The molecule has 0 rings (SSSR count). The third-order valence-corrected chi connectivity index (χ3v) is 5.91. The molecule has 0 amide bonds. The van der Waals surface area contributed by atoms with Crippen molar-refractivity contribution >= 4 is 11.9 Å². The Kier molecular flexibility index (Phi) is 21.8. The van der Waals surface area contributed by atoms with Gasteiger partial charge in [0.2, 0.25) is 0 Å². The second-order valence-corrected chi connectivity index (χ2v) is 8.68. The van der Waals surface area contributed by atoms with Gasteiger partial charge in [0.1, 0.15) is 0 Å². The fraction of sp³-hybridized carbons (Fsp3) is 0.923. The number of carbonyl (C=O) groups is 2. The van der Waals surface area contributed by atoms with Crippen molar-refractivity contribution in [2.24, 2.45) is 5.92 Å². The van der Waals surface area contributed by atoms with Crippen LogP contribution >= 0.6 is 0 Å². The molecular formula is C26H50O4. The quantitative estimate of drug-likeness (QED) is 0.131. The second kappa shape index (κ2) is 22.6. The number of ether oxygens (including phenoxy) is 2. The molecule has 4 heteroatoms. The molecule has 0 atom stereocenters.